The van der Waals surface area contributed by atoms with Gasteiger partial charge in [0.1, 0.15) is 6.04 Å². The first-order valence-corrected chi connectivity index (χ1v) is 3.16. The molecule has 0 spiro atoms. The molecule has 5 nitrogen and oxygen atoms in total. The Bertz CT molecular complexity index is 242. The summed E-state index contributed by atoms with van der Waals surface area (Å²) in [6.07, 6.45) is 3.34. The van der Waals surface area contributed by atoms with Crippen molar-refractivity contribution >= 4 is 5.97 Å². The van der Waals surface area contributed by atoms with E-state index in [1.54, 1.807) is 6.20 Å². The van der Waals surface area contributed by atoms with Crippen molar-refractivity contribution in [1.82, 2.24) is 9.97 Å². The van der Waals surface area contributed by atoms with Gasteiger partial charge in [-0.1, -0.05) is 0 Å². The number of imidazole rings is 1. The fraction of sp³-hybridized carbons (Fsp3) is 0.333. The number of carboxylic acids is 1. The number of carbonyl (C=O) groups is 1. The van der Waals surface area contributed by atoms with Crippen molar-refractivity contribution < 1.29 is 24.0 Å². The van der Waals surface area contributed by atoms with E-state index in [0.717, 1.165) is 5.69 Å². The smallest absolute Gasteiger partial charge is 0.320 e. The number of nitrogens with two attached hydrogens (primary N) is 1. The van der Waals surface area contributed by atoms with Crippen LogP contribution in [-0.2, 0) is 11.2 Å². The third kappa shape index (κ3) is 5.14. The average molecular weight is 215 g/mol. The van der Waals surface area contributed by atoms with Crippen LogP contribution in [0.15, 0.2) is 12.5 Å². The summed E-state index contributed by atoms with van der Waals surface area (Å²) < 4.78 is 0. The molecule has 8 heteroatoms. The quantitative estimate of drug-likeness (QED) is 0.652. The highest BCUT2D eigenvalue weighted by Crippen LogP contribution is 1.95. The van der Waals surface area contributed by atoms with Crippen molar-refractivity contribution in [2.75, 3.05) is 0 Å². The van der Waals surface area contributed by atoms with Gasteiger partial charge in [-0.25, -0.2) is 4.98 Å². The van der Waals surface area contributed by atoms with Crippen molar-refractivity contribution in [2.45, 2.75) is 12.5 Å². The predicted molar refractivity (Wildman–Crippen MR) is 45.4 cm³/mol. The van der Waals surface area contributed by atoms with E-state index in [-0.39, 0.29) is 20.5 Å². The van der Waals surface area contributed by atoms with Crippen LogP contribution in [-0.4, -0.2) is 27.1 Å². The molecular formula is C6H12F3N3O2. The topological polar surface area (TPSA) is 92.0 Å². The van der Waals surface area contributed by atoms with E-state index in [0.29, 0.717) is 0 Å². The van der Waals surface area contributed by atoms with E-state index in [2.05, 4.69) is 9.97 Å². The number of carboxylic acid groups (broad SMARTS) is 1. The first kappa shape index (κ1) is 18.3. The summed E-state index contributed by atoms with van der Waals surface area (Å²) in [5.41, 5.74) is 6.00. The van der Waals surface area contributed by atoms with Gasteiger partial charge in [-0.3, -0.25) is 18.9 Å². The Labute approximate surface area is 77.4 Å². The fourth-order valence-electron chi connectivity index (χ4n) is 0.721. The number of hydrogen-bond acceptors (Lipinski definition) is 3. The number of H-pyrrole nitrogens is 1. The summed E-state index contributed by atoms with van der Waals surface area (Å²) in [5.74, 6) is -1.00. The first-order valence-electron chi connectivity index (χ1n) is 3.16. The molecule has 1 unspecified atom stereocenters. The zero-order valence-corrected chi connectivity index (χ0v) is 7.04. The maximum atomic E-state index is 10.3. The van der Waals surface area contributed by atoms with Crippen molar-refractivity contribution in [3.05, 3.63) is 18.2 Å². The van der Waals surface area contributed by atoms with Crippen LogP contribution < -0.4 is 5.73 Å². The van der Waals surface area contributed by atoms with E-state index in [4.69, 9.17) is 10.8 Å². The minimum atomic E-state index is -1.00. The molecule has 0 aliphatic rings. The van der Waals surface area contributed by atoms with Gasteiger partial charge < -0.3 is 15.8 Å². The van der Waals surface area contributed by atoms with E-state index >= 15 is 0 Å². The van der Waals surface area contributed by atoms with Crippen molar-refractivity contribution in [1.29, 1.82) is 0 Å². The van der Waals surface area contributed by atoms with Crippen molar-refractivity contribution in [3.8, 4) is 0 Å². The molecule has 0 aliphatic carbocycles. The molecular weight excluding hydrogens is 203 g/mol. The molecule has 0 radical (unpaired) electrons. The van der Waals surface area contributed by atoms with Gasteiger partial charge in [-0.05, 0) is 0 Å². The fourth-order valence-corrected chi connectivity index (χ4v) is 0.721. The van der Waals surface area contributed by atoms with E-state index in [9.17, 15) is 4.79 Å². The monoisotopic (exact) mass is 215 g/mol. The number of aromatic amines is 1. The lowest BCUT2D eigenvalue weighted by Gasteiger charge is -2.02. The van der Waals surface area contributed by atoms with Crippen LogP contribution in [0, 0.1) is 0 Å². The van der Waals surface area contributed by atoms with Gasteiger partial charge in [0.25, 0.3) is 0 Å². The average Bonchev–Trinajstić information content (AvgIpc) is 2.39. The molecule has 0 aromatic carbocycles. The molecule has 1 aromatic heterocycles. The maximum Gasteiger partial charge on any atom is 0.320 e. The van der Waals surface area contributed by atoms with Crippen molar-refractivity contribution in [3.63, 3.8) is 0 Å². The maximum absolute atomic E-state index is 10.3. The number of halogens is 3. The Balaban J connectivity index is -0.000000403. The molecule has 0 saturated heterocycles. The second-order valence-electron chi connectivity index (χ2n) is 2.23. The second-order valence-corrected chi connectivity index (χ2v) is 2.23. The van der Waals surface area contributed by atoms with Gasteiger partial charge >= 0.3 is 5.97 Å². The van der Waals surface area contributed by atoms with Gasteiger partial charge in [-0.15, -0.1) is 0 Å². The lowest BCUT2D eigenvalue weighted by molar-refractivity contribution is -0.138. The van der Waals surface area contributed by atoms with E-state index < -0.39 is 12.0 Å². The molecule has 14 heavy (non-hydrogen) atoms. The molecule has 1 atom stereocenters. The van der Waals surface area contributed by atoms with Crippen molar-refractivity contribution in [2.24, 2.45) is 5.73 Å². The molecule has 1 aromatic rings. The number of aliphatic carboxylic acids is 1. The highest BCUT2D eigenvalue weighted by Gasteiger charge is 2.11. The summed E-state index contributed by atoms with van der Waals surface area (Å²) >= 11 is 0. The Morgan fingerprint density at radius 1 is 1.57 bits per heavy atom. The largest absolute Gasteiger partial charge is 0.480 e. The minimum absolute atomic E-state index is 0. The summed E-state index contributed by atoms with van der Waals surface area (Å²) in [4.78, 5) is 16.8. The summed E-state index contributed by atoms with van der Waals surface area (Å²) in [6, 6.07) is -0.851. The molecule has 0 saturated carbocycles. The molecule has 1 heterocycles. The van der Waals surface area contributed by atoms with Crippen LogP contribution in [0.2, 0.25) is 0 Å². The normalized spacial score (nSPS) is 10.1. The highest BCUT2D eigenvalue weighted by atomic mass is 19.0. The predicted octanol–water partition coefficient (Wildman–Crippen LogP) is -0.178. The van der Waals surface area contributed by atoms with Crippen LogP contribution in [0.1, 0.15) is 5.69 Å². The van der Waals surface area contributed by atoms with Crippen LogP contribution in [0.3, 0.4) is 0 Å². The second kappa shape index (κ2) is 8.05. The van der Waals surface area contributed by atoms with Crippen LogP contribution in [0.4, 0.5) is 14.1 Å². The lowest BCUT2D eigenvalue weighted by atomic mass is 10.2. The van der Waals surface area contributed by atoms with Gasteiger partial charge in [0, 0.05) is 18.3 Å². The standard InChI is InChI=1S/C6H9N3O2.3FH/c7-5(6(10)11)1-4-2-8-3-9-4;;;/h2-3,5H,1,7H2,(H,8,9)(H,10,11);3*1H. The first-order chi connectivity index (χ1) is 5.20. The third-order valence-corrected chi connectivity index (χ3v) is 1.31. The van der Waals surface area contributed by atoms with Crippen LogP contribution in [0.25, 0.3) is 0 Å². The summed E-state index contributed by atoms with van der Waals surface area (Å²) in [6.45, 7) is 0. The van der Waals surface area contributed by atoms with Gasteiger partial charge in [0.05, 0.1) is 6.33 Å². The molecule has 0 aliphatic heterocycles. The SMILES string of the molecule is F.F.F.NC(Cc1cnc[nH]1)C(=O)O. The molecule has 84 valence electrons. The van der Waals surface area contributed by atoms with Crippen LogP contribution >= 0.6 is 0 Å². The highest BCUT2D eigenvalue weighted by molar-refractivity contribution is 5.73. The Hall–Kier alpha value is -1.57. The molecule has 0 bridgehead atoms. The van der Waals surface area contributed by atoms with Gasteiger partial charge in [-0.2, -0.15) is 0 Å². The number of rotatable bonds is 3. The lowest BCUT2D eigenvalue weighted by Crippen LogP contribution is -2.32. The molecule has 0 amide bonds. The third-order valence-electron chi connectivity index (χ3n) is 1.31. The Kier molecular flexibility index (Phi) is 10.5. The van der Waals surface area contributed by atoms with E-state index in [1.165, 1.54) is 6.33 Å². The number of aromatic nitrogens is 2. The summed E-state index contributed by atoms with van der Waals surface area (Å²) in [7, 11) is 0. The number of nitrogens with one attached hydrogen (secondary N) is 1. The number of nitrogens with zero attached hydrogens (tertiary/aromatic N) is 1. The van der Waals surface area contributed by atoms with Gasteiger partial charge in [0.2, 0.25) is 0 Å². The Morgan fingerprint density at radius 2 is 2.14 bits per heavy atom. The number of hydrogen-bond donors (Lipinski definition) is 3. The zero-order chi connectivity index (χ0) is 8.27. The van der Waals surface area contributed by atoms with E-state index in [1.807, 2.05) is 0 Å². The molecule has 1 rings (SSSR count). The van der Waals surface area contributed by atoms with Gasteiger partial charge in [0.15, 0.2) is 0 Å². The van der Waals surface area contributed by atoms with Crippen LogP contribution in [0.5, 0.6) is 0 Å². The molecule has 0 fully saturated rings. The minimum Gasteiger partial charge on any atom is -0.480 e. The Morgan fingerprint density at radius 3 is 2.50 bits per heavy atom. The molecule has 4 N–H and O–H groups in total. The summed E-state index contributed by atoms with van der Waals surface area (Å²) in [5, 5.41) is 8.42. The zero-order valence-electron chi connectivity index (χ0n) is 7.04.